The first kappa shape index (κ1) is 12.3. The average Bonchev–Trinajstić information content (AvgIpc) is 2.88. The lowest BCUT2D eigenvalue weighted by atomic mass is 10.1. The van der Waals surface area contributed by atoms with Gasteiger partial charge in [-0.05, 0) is 31.5 Å². The van der Waals surface area contributed by atoms with E-state index in [4.69, 9.17) is 10.3 Å². The minimum atomic E-state index is 0.395. The Kier molecular flexibility index (Phi) is 2.90. The minimum Gasteiger partial charge on any atom is -0.398 e. The van der Waals surface area contributed by atoms with Crippen molar-refractivity contribution in [1.82, 2.24) is 20.1 Å². The number of nitrogen functional groups attached to an aromatic ring is 1. The lowest BCUT2D eigenvalue weighted by Gasteiger charge is -2.03. The van der Waals surface area contributed by atoms with Crippen LogP contribution in [-0.4, -0.2) is 20.1 Å². The molecule has 3 rings (SSSR count). The molecule has 0 aliphatic carbocycles. The van der Waals surface area contributed by atoms with Crippen LogP contribution in [0.3, 0.4) is 0 Å². The van der Waals surface area contributed by atoms with Gasteiger partial charge in [0.25, 0.3) is 5.89 Å². The molecule has 0 saturated carbocycles. The lowest BCUT2D eigenvalue weighted by Crippen LogP contribution is -1.93. The maximum Gasteiger partial charge on any atom is 0.260 e. The summed E-state index contributed by atoms with van der Waals surface area (Å²) >= 11 is 0. The number of nitrogens with two attached hydrogens (primary N) is 1. The summed E-state index contributed by atoms with van der Waals surface area (Å²) in [7, 11) is 0. The standard InChI is InChI=1S/C14H13N5O/c1-8-4-3-5-10(15)12(8)14-18-13(19-20-14)11-6-7-16-9(2)17-11/h3-7H,15H2,1-2H3. The predicted octanol–water partition coefficient (Wildman–Crippen LogP) is 2.39. The highest BCUT2D eigenvalue weighted by Crippen LogP contribution is 2.29. The number of nitrogens with zero attached hydrogens (tertiary/aromatic N) is 4. The SMILES string of the molecule is Cc1nccc(-c2noc(-c3c(C)cccc3N)n2)n1. The van der Waals surface area contributed by atoms with E-state index in [9.17, 15) is 0 Å². The van der Waals surface area contributed by atoms with Crippen LogP contribution in [0.25, 0.3) is 23.0 Å². The third-order valence-corrected chi connectivity index (χ3v) is 2.95. The Morgan fingerprint density at radius 1 is 1.10 bits per heavy atom. The van der Waals surface area contributed by atoms with E-state index < -0.39 is 0 Å². The number of aryl methyl sites for hydroxylation is 2. The summed E-state index contributed by atoms with van der Waals surface area (Å²) in [5.41, 5.74) is 8.95. The van der Waals surface area contributed by atoms with Gasteiger partial charge in [0, 0.05) is 11.9 Å². The molecular weight excluding hydrogens is 254 g/mol. The molecule has 2 N–H and O–H groups in total. The first-order chi connectivity index (χ1) is 9.65. The molecule has 2 aromatic heterocycles. The Balaban J connectivity index is 2.07. The second-order valence-electron chi connectivity index (χ2n) is 4.45. The number of aromatic nitrogens is 4. The molecule has 0 amide bonds. The van der Waals surface area contributed by atoms with Gasteiger partial charge in [-0.15, -0.1) is 0 Å². The molecule has 1 aromatic carbocycles. The summed E-state index contributed by atoms with van der Waals surface area (Å²) in [6.45, 7) is 3.76. The highest BCUT2D eigenvalue weighted by atomic mass is 16.5. The Morgan fingerprint density at radius 3 is 2.70 bits per heavy atom. The summed E-state index contributed by atoms with van der Waals surface area (Å²) in [6.07, 6.45) is 1.66. The first-order valence-electron chi connectivity index (χ1n) is 6.14. The van der Waals surface area contributed by atoms with Crippen molar-refractivity contribution >= 4 is 5.69 Å². The van der Waals surface area contributed by atoms with E-state index in [0.29, 0.717) is 28.9 Å². The zero-order valence-electron chi connectivity index (χ0n) is 11.2. The number of benzene rings is 1. The van der Waals surface area contributed by atoms with Crippen molar-refractivity contribution in [3.8, 4) is 23.0 Å². The van der Waals surface area contributed by atoms with Gasteiger partial charge in [0.05, 0.1) is 5.56 Å². The molecule has 0 radical (unpaired) electrons. The number of hydrogen-bond donors (Lipinski definition) is 1. The fourth-order valence-electron chi connectivity index (χ4n) is 1.99. The molecule has 0 atom stereocenters. The highest BCUT2D eigenvalue weighted by Gasteiger charge is 2.15. The largest absolute Gasteiger partial charge is 0.398 e. The van der Waals surface area contributed by atoms with E-state index in [-0.39, 0.29) is 0 Å². The van der Waals surface area contributed by atoms with Gasteiger partial charge in [0.1, 0.15) is 11.5 Å². The second-order valence-corrected chi connectivity index (χ2v) is 4.45. The van der Waals surface area contributed by atoms with E-state index in [1.807, 2.05) is 26.0 Å². The van der Waals surface area contributed by atoms with Crippen molar-refractivity contribution in [3.05, 3.63) is 41.9 Å². The van der Waals surface area contributed by atoms with Crippen LogP contribution in [0.2, 0.25) is 0 Å². The molecule has 0 bridgehead atoms. The maximum atomic E-state index is 5.97. The third-order valence-electron chi connectivity index (χ3n) is 2.95. The van der Waals surface area contributed by atoms with E-state index in [1.165, 1.54) is 0 Å². The molecule has 0 fully saturated rings. The van der Waals surface area contributed by atoms with Crippen molar-refractivity contribution in [2.45, 2.75) is 13.8 Å². The summed E-state index contributed by atoms with van der Waals surface area (Å²) < 4.78 is 5.31. The van der Waals surface area contributed by atoms with Gasteiger partial charge in [-0.25, -0.2) is 9.97 Å². The predicted molar refractivity (Wildman–Crippen MR) is 74.6 cm³/mol. The summed E-state index contributed by atoms with van der Waals surface area (Å²) in [4.78, 5) is 12.7. The Bertz CT molecular complexity index is 746. The van der Waals surface area contributed by atoms with E-state index in [1.54, 1.807) is 18.3 Å². The zero-order chi connectivity index (χ0) is 14.1. The van der Waals surface area contributed by atoms with E-state index >= 15 is 0 Å². The number of hydrogen-bond acceptors (Lipinski definition) is 6. The van der Waals surface area contributed by atoms with Crippen molar-refractivity contribution in [2.75, 3.05) is 5.73 Å². The van der Waals surface area contributed by atoms with Crippen LogP contribution < -0.4 is 5.73 Å². The summed E-state index contributed by atoms with van der Waals surface area (Å²) in [6, 6.07) is 7.38. The lowest BCUT2D eigenvalue weighted by molar-refractivity contribution is 0.432. The van der Waals surface area contributed by atoms with Crippen LogP contribution in [0.15, 0.2) is 35.0 Å². The van der Waals surface area contributed by atoms with Gasteiger partial charge in [0.2, 0.25) is 5.82 Å². The molecule has 6 heteroatoms. The van der Waals surface area contributed by atoms with Crippen LogP contribution in [0.1, 0.15) is 11.4 Å². The monoisotopic (exact) mass is 267 g/mol. The fourth-order valence-corrected chi connectivity index (χ4v) is 1.99. The van der Waals surface area contributed by atoms with Crippen LogP contribution in [0.4, 0.5) is 5.69 Å². The first-order valence-corrected chi connectivity index (χ1v) is 6.14. The molecular formula is C14H13N5O. The van der Waals surface area contributed by atoms with Crippen LogP contribution in [0, 0.1) is 13.8 Å². The third kappa shape index (κ3) is 2.11. The van der Waals surface area contributed by atoms with Gasteiger partial charge >= 0.3 is 0 Å². The van der Waals surface area contributed by atoms with Gasteiger partial charge in [-0.2, -0.15) is 4.98 Å². The van der Waals surface area contributed by atoms with E-state index in [0.717, 1.165) is 11.1 Å². The molecule has 0 spiro atoms. The molecule has 0 saturated heterocycles. The van der Waals surface area contributed by atoms with Crippen molar-refractivity contribution in [1.29, 1.82) is 0 Å². The number of anilines is 1. The Labute approximate surface area is 115 Å². The second kappa shape index (κ2) is 4.73. The summed E-state index contributed by atoms with van der Waals surface area (Å²) in [5, 5.41) is 3.95. The fraction of sp³-hybridized carbons (Fsp3) is 0.143. The quantitative estimate of drug-likeness (QED) is 0.717. The van der Waals surface area contributed by atoms with Gasteiger partial charge in [-0.1, -0.05) is 17.3 Å². The molecule has 6 nitrogen and oxygen atoms in total. The summed E-state index contributed by atoms with van der Waals surface area (Å²) in [5.74, 6) is 1.48. The smallest absolute Gasteiger partial charge is 0.260 e. The van der Waals surface area contributed by atoms with Crippen molar-refractivity contribution < 1.29 is 4.52 Å². The molecule has 100 valence electrons. The molecule has 3 aromatic rings. The average molecular weight is 267 g/mol. The molecule has 20 heavy (non-hydrogen) atoms. The molecule has 0 unspecified atom stereocenters. The normalized spacial score (nSPS) is 10.7. The van der Waals surface area contributed by atoms with E-state index in [2.05, 4.69) is 20.1 Å². The number of rotatable bonds is 2. The Morgan fingerprint density at radius 2 is 1.95 bits per heavy atom. The zero-order valence-corrected chi connectivity index (χ0v) is 11.2. The van der Waals surface area contributed by atoms with Crippen molar-refractivity contribution in [3.63, 3.8) is 0 Å². The molecule has 2 heterocycles. The van der Waals surface area contributed by atoms with Gasteiger partial charge < -0.3 is 10.3 Å². The van der Waals surface area contributed by atoms with Crippen molar-refractivity contribution in [2.24, 2.45) is 0 Å². The van der Waals surface area contributed by atoms with Gasteiger partial charge in [0.15, 0.2) is 0 Å². The van der Waals surface area contributed by atoms with Crippen LogP contribution in [-0.2, 0) is 0 Å². The Hall–Kier alpha value is -2.76. The highest BCUT2D eigenvalue weighted by molar-refractivity contribution is 5.74. The minimum absolute atomic E-state index is 0.395. The topological polar surface area (TPSA) is 90.7 Å². The van der Waals surface area contributed by atoms with Gasteiger partial charge in [-0.3, -0.25) is 0 Å². The molecule has 0 aliphatic rings. The maximum absolute atomic E-state index is 5.97. The molecule has 0 aliphatic heterocycles. The van der Waals surface area contributed by atoms with Crippen LogP contribution >= 0.6 is 0 Å². The van der Waals surface area contributed by atoms with Crippen LogP contribution in [0.5, 0.6) is 0 Å².